The Kier molecular flexibility index (Phi) is 6.15. The maximum Gasteiger partial charge on any atom is 0.259 e. The van der Waals surface area contributed by atoms with Gasteiger partial charge in [-0.1, -0.05) is 23.2 Å². The molecule has 0 bridgehead atoms. The van der Waals surface area contributed by atoms with Gasteiger partial charge < -0.3 is 10.1 Å². The molecule has 7 nitrogen and oxygen atoms in total. The van der Waals surface area contributed by atoms with Gasteiger partial charge in [0.1, 0.15) is 0 Å². The molecule has 0 spiro atoms. The minimum absolute atomic E-state index is 0.235. The number of nitrogens with one attached hydrogen (secondary N) is 1. The third-order valence-electron chi connectivity index (χ3n) is 4.65. The Morgan fingerprint density at radius 3 is 2.55 bits per heavy atom. The summed E-state index contributed by atoms with van der Waals surface area (Å²) in [4.78, 5) is 17.0. The van der Waals surface area contributed by atoms with Gasteiger partial charge in [0, 0.05) is 28.0 Å². The number of pyridine rings is 1. The zero-order valence-electron chi connectivity index (χ0n) is 16.1. The minimum Gasteiger partial charge on any atom is -0.362 e. The van der Waals surface area contributed by atoms with Crippen molar-refractivity contribution < 1.29 is 17.9 Å². The first kappa shape index (κ1) is 21.6. The highest BCUT2D eigenvalue weighted by Crippen LogP contribution is 2.31. The lowest BCUT2D eigenvalue weighted by atomic mass is 10.1. The zero-order valence-corrected chi connectivity index (χ0v) is 18.4. The molecule has 1 N–H and O–H groups in total. The maximum absolute atomic E-state index is 12.7. The SMILES string of the molecule is O=C(Nc1ccc(Cl)c(-c2cc(Cl)ccn2)c1)c1ccc(N2CCOCS2(=O)=O)cc1. The van der Waals surface area contributed by atoms with Crippen LogP contribution in [0.2, 0.25) is 10.0 Å². The van der Waals surface area contributed by atoms with Crippen molar-refractivity contribution in [3.05, 3.63) is 76.4 Å². The summed E-state index contributed by atoms with van der Waals surface area (Å²) in [6.07, 6.45) is 1.58. The molecule has 3 aromatic rings. The van der Waals surface area contributed by atoms with E-state index >= 15 is 0 Å². The lowest BCUT2D eigenvalue weighted by Crippen LogP contribution is -2.41. The van der Waals surface area contributed by atoms with Crippen LogP contribution in [0.3, 0.4) is 0 Å². The van der Waals surface area contributed by atoms with Crippen LogP contribution in [0.1, 0.15) is 10.4 Å². The number of carbonyl (C=O) groups excluding carboxylic acids is 1. The fourth-order valence-corrected chi connectivity index (χ4v) is 4.76. The van der Waals surface area contributed by atoms with Crippen LogP contribution in [0.4, 0.5) is 11.4 Å². The van der Waals surface area contributed by atoms with Crippen molar-refractivity contribution in [2.24, 2.45) is 0 Å². The van der Waals surface area contributed by atoms with E-state index < -0.39 is 10.0 Å². The molecular formula is C21H17Cl2N3O4S. The van der Waals surface area contributed by atoms with Gasteiger partial charge in [-0.05, 0) is 54.6 Å². The van der Waals surface area contributed by atoms with Crippen molar-refractivity contribution in [3.63, 3.8) is 0 Å². The molecule has 1 aromatic heterocycles. The fraction of sp³-hybridized carbons (Fsp3) is 0.143. The molecule has 0 unspecified atom stereocenters. The fourth-order valence-electron chi connectivity index (χ4n) is 3.14. The standard InChI is InChI=1S/C21H17Cl2N3O4S/c22-15-7-8-24-20(11-15)18-12-16(3-6-19(18)23)25-21(27)14-1-4-17(5-2-14)26-9-10-30-13-31(26,28)29/h1-8,11-12H,9-10,13H2,(H,25,27). The summed E-state index contributed by atoms with van der Waals surface area (Å²) in [5, 5.41) is 3.82. The number of amides is 1. The van der Waals surface area contributed by atoms with E-state index in [2.05, 4.69) is 10.3 Å². The predicted molar refractivity (Wildman–Crippen MR) is 121 cm³/mol. The molecule has 160 valence electrons. The first-order valence-electron chi connectivity index (χ1n) is 9.24. The van der Waals surface area contributed by atoms with Crippen LogP contribution in [0, 0.1) is 0 Å². The summed E-state index contributed by atoms with van der Waals surface area (Å²) in [6, 6.07) is 14.8. The molecule has 31 heavy (non-hydrogen) atoms. The van der Waals surface area contributed by atoms with E-state index in [4.69, 9.17) is 27.9 Å². The Morgan fingerprint density at radius 1 is 1.06 bits per heavy atom. The molecule has 0 aliphatic carbocycles. The number of anilines is 2. The van der Waals surface area contributed by atoms with E-state index in [1.807, 2.05) is 0 Å². The van der Waals surface area contributed by atoms with Crippen molar-refractivity contribution in [2.45, 2.75) is 0 Å². The number of rotatable bonds is 4. The number of carbonyl (C=O) groups is 1. The summed E-state index contributed by atoms with van der Waals surface area (Å²) < 4.78 is 30.6. The second kappa shape index (κ2) is 8.84. The van der Waals surface area contributed by atoms with Crippen LogP contribution < -0.4 is 9.62 Å². The van der Waals surface area contributed by atoms with Crippen molar-refractivity contribution in [2.75, 3.05) is 28.7 Å². The van der Waals surface area contributed by atoms with Crippen molar-refractivity contribution >= 4 is 50.5 Å². The van der Waals surface area contributed by atoms with Crippen LogP contribution >= 0.6 is 23.2 Å². The third-order valence-corrected chi connectivity index (χ3v) is 6.74. The van der Waals surface area contributed by atoms with E-state index in [1.165, 1.54) is 4.31 Å². The van der Waals surface area contributed by atoms with Crippen molar-refractivity contribution in [1.29, 1.82) is 0 Å². The summed E-state index contributed by atoms with van der Waals surface area (Å²) in [5.41, 5.74) is 2.62. The Labute approximate surface area is 189 Å². The zero-order chi connectivity index (χ0) is 22.0. The lowest BCUT2D eigenvalue weighted by Gasteiger charge is -2.28. The Balaban J connectivity index is 1.53. The first-order chi connectivity index (χ1) is 14.8. The van der Waals surface area contributed by atoms with E-state index in [0.717, 1.165) is 0 Å². The van der Waals surface area contributed by atoms with Gasteiger partial charge in [-0.25, -0.2) is 8.42 Å². The number of ether oxygens (including phenoxy) is 1. The van der Waals surface area contributed by atoms with Gasteiger partial charge in [-0.2, -0.15) is 0 Å². The molecule has 0 radical (unpaired) electrons. The second-order valence-electron chi connectivity index (χ2n) is 6.77. The highest BCUT2D eigenvalue weighted by molar-refractivity contribution is 7.92. The quantitative estimate of drug-likeness (QED) is 0.600. The highest BCUT2D eigenvalue weighted by atomic mass is 35.5. The van der Waals surface area contributed by atoms with Gasteiger partial charge in [0.2, 0.25) is 0 Å². The number of benzene rings is 2. The van der Waals surface area contributed by atoms with Crippen LogP contribution in [0.25, 0.3) is 11.3 Å². The van der Waals surface area contributed by atoms with Gasteiger partial charge in [0.15, 0.2) is 5.94 Å². The van der Waals surface area contributed by atoms with Crippen LogP contribution in [-0.2, 0) is 14.8 Å². The number of sulfonamides is 1. The van der Waals surface area contributed by atoms with Crippen LogP contribution in [-0.4, -0.2) is 38.4 Å². The largest absolute Gasteiger partial charge is 0.362 e. The number of hydrogen-bond donors (Lipinski definition) is 1. The molecule has 2 heterocycles. The van der Waals surface area contributed by atoms with Gasteiger partial charge in [-0.15, -0.1) is 0 Å². The van der Waals surface area contributed by atoms with Gasteiger partial charge in [0.05, 0.1) is 29.6 Å². The van der Waals surface area contributed by atoms with Crippen molar-refractivity contribution in [3.8, 4) is 11.3 Å². The average molecular weight is 478 g/mol. The van der Waals surface area contributed by atoms with Crippen LogP contribution in [0.5, 0.6) is 0 Å². The predicted octanol–water partition coefficient (Wildman–Crippen LogP) is 4.43. The Hall–Kier alpha value is -2.65. The topological polar surface area (TPSA) is 88.6 Å². The van der Waals surface area contributed by atoms with Crippen LogP contribution in [0.15, 0.2) is 60.8 Å². The lowest BCUT2D eigenvalue weighted by molar-refractivity contribution is 0.102. The number of nitrogens with zero attached hydrogens (tertiary/aromatic N) is 2. The average Bonchev–Trinajstić information content (AvgIpc) is 2.75. The number of aromatic nitrogens is 1. The monoisotopic (exact) mass is 477 g/mol. The molecule has 4 rings (SSSR count). The molecule has 1 aliphatic rings. The molecule has 1 aliphatic heterocycles. The second-order valence-corrected chi connectivity index (χ2v) is 9.45. The van der Waals surface area contributed by atoms with Gasteiger partial charge >= 0.3 is 0 Å². The number of halogens is 2. The van der Waals surface area contributed by atoms with Gasteiger partial charge in [-0.3, -0.25) is 14.1 Å². The molecule has 2 aromatic carbocycles. The maximum atomic E-state index is 12.7. The molecular weight excluding hydrogens is 461 g/mol. The highest BCUT2D eigenvalue weighted by Gasteiger charge is 2.26. The third kappa shape index (κ3) is 4.83. The first-order valence-corrected chi connectivity index (χ1v) is 11.6. The minimum atomic E-state index is -3.51. The molecule has 0 atom stereocenters. The summed E-state index contributed by atoms with van der Waals surface area (Å²) in [6.45, 7) is 0.556. The molecule has 10 heteroatoms. The smallest absolute Gasteiger partial charge is 0.259 e. The van der Waals surface area contributed by atoms with Gasteiger partial charge in [0.25, 0.3) is 15.9 Å². The molecule has 0 saturated carbocycles. The van der Waals surface area contributed by atoms with E-state index in [1.54, 1.807) is 60.8 Å². The normalized spacial score (nSPS) is 15.5. The Bertz CT molecular complexity index is 1230. The summed E-state index contributed by atoms with van der Waals surface area (Å²) >= 11 is 12.3. The molecule has 1 amide bonds. The van der Waals surface area contributed by atoms with E-state index in [0.29, 0.717) is 44.8 Å². The molecule has 1 fully saturated rings. The van der Waals surface area contributed by atoms with E-state index in [9.17, 15) is 13.2 Å². The van der Waals surface area contributed by atoms with E-state index in [-0.39, 0.29) is 18.4 Å². The summed E-state index contributed by atoms with van der Waals surface area (Å²) in [5.74, 6) is -0.695. The molecule has 1 saturated heterocycles. The van der Waals surface area contributed by atoms with Crippen molar-refractivity contribution in [1.82, 2.24) is 4.98 Å². The Morgan fingerprint density at radius 2 is 1.84 bits per heavy atom. The summed E-state index contributed by atoms with van der Waals surface area (Å²) in [7, 11) is -3.51. The number of hydrogen-bond acceptors (Lipinski definition) is 5.